The second-order valence-electron chi connectivity index (χ2n) is 9.67. The lowest BCUT2D eigenvalue weighted by atomic mass is 9.89. The molecule has 0 radical (unpaired) electrons. The molecule has 156 valence electrons. The molecule has 1 N–H and O–H groups in total. The summed E-state index contributed by atoms with van der Waals surface area (Å²) in [5.41, 5.74) is 0.386. The van der Waals surface area contributed by atoms with Crippen LogP contribution in [0.15, 0.2) is 5.38 Å². The number of thiazole rings is 1. The summed E-state index contributed by atoms with van der Waals surface area (Å²) in [6.07, 6.45) is 3.99. The van der Waals surface area contributed by atoms with Crippen molar-refractivity contribution in [2.75, 3.05) is 6.54 Å². The molecule has 1 aromatic heterocycles. The van der Waals surface area contributed by atoms with E-state index in [0.29, 0.717) is 10.7 Å². The highest BCUT2D eigenvalue weighted by atomic mass is 32.1. The number of likely N-dealkylation sites (tertiary alicyclic amines) is 1. The van der Waals surface area contributed by atoms with Gasteiger partial charge in [-0.2, -0.15) is 0 Å². The lowest BCUT2D eigenvalue weighted by Crippen LogP contribution is -2.53. The van der Waals surface area contributed by atoms with E-state index < -0.39 is 8.32 Å². The molecule has 2 fully saturated rings. The molecule has 1 aliphatic heterocycles. The first-order chi connectivity index (χ1) is 13.0. The average molecular weight is 424 g/mol. The van der Waals surface area contributed by atoms with Gasteiger partial charge in [0.25, 0.3) is 11.8 Å². The maximum Gasteiger partial charge on any atom is 0.280 e. The summed E-state index contributed by atoms with van der Waals surface area (Å²) in [6.45, 7) is 14.1. The normalized spacial score (nSPS) is 25.5. The molecule has 1 aromatic rings. The summed E-state index contributed by atoms with van der Waals surface area (Å²) in [5, 5.41) is 5.30. The van der Waals surface area contributed by atoms with E-state index >= 15 is 0 Å². The largest absolute Gasteiger partial charge is 0.414 e. The average Bonchev–Trinajstić information content (AvgIpc) is 3.20. The van der Waals surface area contributed by atoms with E-state index in [1.54, 1.807) is 5.38 Å². The Morgan fingerprint density at radius 3 is 2.57 bits per heavy atom. The maximum atomic E-state index is 12.6. The highest BCUT2D eigenvalue weighted by Gasteiger charge is 2.42. The number of nitrogens with zero attached hydrogens (tertiary/aromatic N) is 2. The summed E-state index contributed by atoms with van der Waals surface area (Å²) in [6, 6.07) is 0.378. The first-order valence-corrected chi connectivity index (χ1v) is 14.0. The molecule has 0 aromatic carbocycles. The minimum Gasteiger partial charge on any atom is -0.414 e. The number of hydrogen-bond donors (Lipinski definition) is 1. The van der Waals surface area contributed by atoms with Crippen LogP contribution >= 0.6 is 11.3 Å². The monoisotopic (exact) mass is 423 g/mol. The lowest BCUT2D eigenvalue weighted by Gasteiger charge is -2.44. The molecule has 1 unspecified atom stereocenters. The quantitative estimate of drug-likeness (QED) is 0.725. The van der Waals surface area contributed by atoms with E-state index in [0.717, 1.165) is 32.2 Å². The minimum absolute atomic E-state index is 0.0632. The molecule has 1 aliphatic carbocycles. The van der Waals surface area contributed by atoms with Gasteiger partial charge in [-0.15, -0.1) is 11.3 Å². The number of hydrogen-bond acceptors (Lipinski definition) is 5. The Hall–Kier alpha value is -1.25. The molecule has 1 saturated heterocycles. The predicted molar refractivity (Wildman–Crippen MR) is 114 cm³/mol. The van der Waals surface area contributed by atoms with E-state index in [2.05, 4.69) is 51.1 Å². The molecule has 28 heavy (non-hydrogen) atoms. The van der Waals surface area contributed by atoms with E-state index in [4.69, 9.17) is 4.43 Å². The van der Waals surface area contributed by atoms with Crippen molar-refractivity contribution in [3.63, 3.8) is 0 Å². The van der Waals surface area contributed by atoms with Gasteiger partial charge in [-0.1, -0.05) is 20.8 Å². The summed E-state index contributed by atoms with van der Waals surface area (Å²) in [7, 11) is -1.76. The number of carbonyl (C=O) groups excluding carboxylic acids is 2. The van der Waals surface area contributed by atoms with Gasteiger partial charge < -0.3 is 14.6 Å². The number of aromatic nitrogens is 1. The van der Waals surface area contributed by atoms with Crippen molar-refractivity contribution in [3.8, 4) is 0 Å². The Labute approximate surface area is 173 Å². The fourth-order valence-electron chi connectivity index (χ4n) is 3.48. The van der Waals surface area contributed by atoms with E-state index in [-0.39, 0.29) is 35.0 Å². The van der Waals surface area contributed by atoms with Gasteiger partial charge >= 0.3 is 0 Å². The van der Waals surface area contributed by atoms with Crippen LogP contribution in [-0.4, -0.2) is 54.7 Å². The van der Waals surface area contributed by atoms with Gasteiger partial charge in [0.15, 0.2) is 13.3 Å². The molecule has 1 saturated carbocycles. The van der Waals surface area contributed by atoms with Crippen LogP contribution in [0.5, 0.6) is 0 Å². The van der Waals surface area contributed by atoms with Gasteiger partial charge in [0.05, 0.1) is 0 Å². The van der Waals surface area contributed by atoms with Crippen molar-refractivity contribution >= 4 is 31.5 Å². The van der Waals surface area contributed by atoms with E-state index in [9.17, 15) is 9.59 Å². The molecule has 0 spiro atoms. The maximum absolute atomic E-state index is 12.6. The zero-order chi connectivity index (χ0) is 20.7. The van der Waals surface area contributed by atoms with Gasteiger partial charge in [-0.05, 0) is 50.7 Å². The standard InChI is InChI=1S/C20H33N3O3SSi/c1-13-8-7-9-23(13)19(25)16-12-27-18(22-16)17(24)21-14-10-15(11-14)26-28(5,6)20(2,3)4/h12-15H,7-11H2,1-6H3,(H,21,24). The predicted octanol–water partition coefficient (Wildman–Crippen LogP) is 4.05. The van der Waals surface area contributed by atoms with Crippen molar-refractivity contribution in [3.05, 3.63) is 16.1 Å². The second-order valence-corrected chi connectivity index (χ2v) is 15.3. The first-order valence-electron chi connectivity index (χ1n) is 10.2. The Morgan fingerprint density at radius 2 is 2.00 bits per heavy atom. The third kappa shape index (κ3) is 4.49. The van der Waals surface area contributed by atoms with Crippen LogP contribution in [0.2, 0.25) is 18.1 Å². The van der Waals surface area contributed by atoms with Gasteiger partial charge in [0.2, 0.25) is 0 Å². The topological polar surface area (TPSA) is 71.5 Å². The number of amides is 2. The highest BCUT2D eigenvalue weighted by molar-refractivity contribution is 7.11. The lowest BCUT2D eigenvalue weighted by molar-refractivity contribution is 0.0627. The van der Waals surface area contributed by atoms with E-state index in [1.807, 2.05) is 4.90 Å². The van der Waals surface area contributed by atoms with Crippen LogP contribution in [0.1, 0.15) is 73.7 Å². The van der Waals surface area contributed by atoms with Crippen LogP contribution in [0, 0.1) is 0 Å². The molecular formula is C20H33N3O3SSi. The van der Waals surface area contributed by atoms with Crippen molar-refractivity contribution in [2.45, 2.75) is 89.7 Å². The SMILES string of the molecule is CC1CCCN1C(=O)c1csc(C(=O)NC2CC(O[Si](C)(C)C(C)(C)C)C2)n1. The molecule has 6 nitrogen and oxygen atoms in total. The molecule has 8 heteroatoms. The van der Waals surface area contributed by atoms with Crippen molar-refractivity contribution in [2.24, 2.45) is 0 Å². The summed E-state index contributed by atoms with van der Waals surface area (Å²) >= 11 is 1.24. The van der Waals surface area contributed by atoms with Crippen molar-refractivity contribution in [1.82, 2.24) is 15.2 Å². The zero-order valence-corrected chi connectivity index (χ0v) is 19.7. The zero-order valence-electron chi connectivity index (χ0n) is 17.9. The highest BCUT2D eigenvalue weighted by Crippen LogP contribution is 2.40. The fourth-order valence-corrected chi connectivity index (χ4v) is 5.55. The van der Waals surface area contributed by atoms with Crippen LogP contribution in [-0.2, 0) is 4.43 Å². The van der Waals surface area contributed by atoms with Gasteiger partial charge in [-0.3, -0.25) is 9.59 Å². The molecule has 3 rings (SSSR count). The molecular weight excluding hydrogens is 390 g/mol. The molecule has 2 amide bonds. The first kappa shape index (κ1) is 21.5. The summed E-state index contributed by atoms with van der Waals surface area (Å²) < 4.78 is 6.38. The molecule has 2 aliphatic rings. The third-order valence-electron chi connectivity index (χ3n) is 6.43. The third-order valence-corrected chi connectivity index (χ3v) is 11.8. The molecule has 2 heterocycles. The second kappa shape index (κ2) is 7.87. The Morgan fingerprint density at radius 1 is 1.32 bits per heavy atom. The van der Waals surface area contributed by atoms with Crippen LogP contribution in [0.3, 0.4) is 0 Å². The number of carbonyl (C=O) groups is 2. The van der Waals surface area contributed by atoms with Crippen molar-refractivity contribution < 1.29 is 14.0 Å². The summed E-state index contributed by atoms with van der Waals surface area (Å²) in [4.78, 5) is 31.2. The Balaban J connectivity index is 1.49. The Kier molecular flexibility index (Phi) is 6.03. The van der Waals surface area contributed by atoms with Gasteiger partial charge in [0.1, 0.15) is 5.69 Å². The summed E-state index contributed by atoms with van der Waals surface area (Å²) in [5.74, 6) is -0.249. The number of nitrogens with one attached hydrogen (secondary N) is 1. The smallest absolute Gasteiger partial charge is 0.280 e. The van der Waals surface area contributed by atoms with Crippen LogP contribution < -0.4 is 5.32 Å². The number of rotatable bonds is 5. The Bertz CT molecular complexity index is 737. The van der Waals surface area contributed by atoms with Crippen molar-refractivity contribution in [1.29, 1.82) is 0 Å². The van der Waals surface area contributed by atoms with Crippen LogP contribution in [0.25, 0.3) is 0 Å². The van der Waals surface area contributed by atoms with Crippen LogP contribution in [0.4, 0.5) is 0 Å². The van der Waals surface area contributed by atoms with Gasteiger partial charge in [0, 0.05) is 30.1 Å². The fraction of sp³-hybridized carbons (Fsp3) is 0.750. The molecule has 0 bridgehead atoms. The van der Waals surface area contributed by atoms with Gasteiger partial charge in [-0.25, -0.2) is 4.98 Å². The van der Waals surface area contributed by atoms with E-state index in [1.165, 1.54) is 11.3 Å². The minimum atomic E-state index is -1.76. The molecule has 1 atom stereocenters.